The SMILES string of the molecule is O=C(/C=C/C(=O)OCCN1CCOCC1)OCCc1cc(=O)[nH]c(=O)[nH]1. The van der Waals surface area contributed by atoms with E-state index in [1.807, 2.05) is 4.98 Å². The van der Waals surface area contributed by atoms with Crippen LogP contribution in [0.15, 0.2) is 27.8 Å². The second-order valence-corrected chi connectivity index (χ2v) is 5.49. The number of aromatic amines is 2. The lowest BCUT2D eigenvalue weighted by Gasteiger charge is -2.25. The highest BCUT2D eigenvalue weighted by atomic mass is 16.5. The van der Waals surface area contributed by atoms with Gasteiger partial charge in [0.15, 0.2) is 0 Å². The summed E-state index contributed by atoms with van der Waals surface area (Å²) in [6, 6.07) is 1.21. The summed E-state index contributed by atoms with van der Waals surface area (Å²) in [4.78, 5) is 51.8. The molecule has 0 saturated carbocycles. The van der Waals surface area contributed by atoms with Gasteiger partial charge in [0.25, 0.3) is 5.56 Å². The number of nitrogens with one attached hydrogen (secondary N) is 2. The molecular weight excluding hydrogens is 346 g/mol. The van der Waals surface area contributed by atoms with E-state index in [4.69, 9.17) is 14.2 Å². The summed E-state index contributed by atoms with van der Waals surface area (Å²) in [7, 11) is 0. The monoisotopic (exact) mass is 367 g/mol. The number of H-pyrrole nitrogens is 2. The number of hydrogen-bond acceptors (Lipinski definition) is 8. The highest BCUT2D eigenvalue weighted by Crippen LogP contribution is 1.96. The van der Waals surface area contributed by atoms with Crippen molar-refractivity contribution >= 4 is 11.9 Å². The van der Waals surface area contributed by atoms with E-state index in [1.165, 1.54) is 6.07 Å². The van der Waals surface area contributed by atoms with Gasteiger partial charge in [0.1, 0.15) is 6.61 Å². The highest BCUT2D eigenvalue weighted by molar-refractivity contribution is 5.91. The fourth-order valence-corrected chi connectivity index (χ4v) is 2.25. The molecule has 0 aliphatic carbocycles. The zero-order chi connectivity index (χ0) is 18.8. The molecule has 10 heteroatoms. The summed E-state index contributed by atoms with van der Waals surface area (Å²) >= 11 is 0. The Bertz CT molecular complexity index is 718. The van der Waals surface area contributed by atoms with Crippen LogP contribution >= 0.6 is 0 Å². The van der Waals surface area contributed by atoms with Gasteiger partial charge in [-0.05, 0) is 0 Å². The summed E-state index contributed by atoms with van der Waals surface area (Å²) in [6.07, 6.45) is 2.14. The van der Waals surface area contributed by atoms with Crippen molar-refractivity contribution in [2.45, 2.75) is 6.42 Å². The molecule has 0 aromatic carbocycles. The van der Waals surface area contributed by atoms with Crippen molar-refractivity contribution in [1.29, 1.82) is 0 Å². The molecule has 0 radical (unpaired) electrons. The third-order valence-corrected chi connectivity index (χ3v) is 3.54. The van der Waals surface area contributed by atoms with Gasteiger partial charge in [-0.2, -0.15) is 0 Å². The van der Waals surface area contributed by atoms with E-state index in [0.717, 1.165) is 25.2 Å². The van der Waals surface area contributed by atoms with Gasteiger partial charge in [0, 0.05) is 50.0 Å². The van der Waals surface area contributed by atoms with E-state index >= 15 is 0 Å². The summed E-state index contributed by atoms with van der Waals surface area (Å²) in [5.41, 5.74) is -0.814. The molecule has 26 heavy (non-hydrogen) atoms. The van der Waals surface area contributed by atoms with Gasteiger partial charge in [0.2, 0.25) is 0 Å². The molecule has 1 aliphatic heterocycles. The number of nitrogens with zero attached hydrogens (tertiary/aromatic N) is 1. The summed E-state index contributed by atoms with van der Waals surface area (Å²) < 4.78 is 15.1. The third-order valence-electron chi connectivity index (χ3n) is 3.54. The number of esters is 2. The van der Waals surface area contributed by atoms with Gasteiger partial charge in [0.05, 0.1) is 19.8 Å². The lowest BCUT2D eigenvalue weighted by atomic mass is 10.3. The summed E-state index contributed by atoms with van der Waals surface area (Å²) in [5.74, 6) is -1.35. The molecule has 0 unspecified atom stereocenters. The molecule has 1 fully saturated rings. The first kappa shape index (κ1) is 19.6. The summed E-state index contributed by atoms with van der Waals surface area (Å²) in [5, 5.41) is 0. The van der Waals surface area contributed by atoms with E-state index in [-0.39, 0.29) is 19.6 Å². The molecule has 0 bridgehead atoms. The van der Waals surface area contributed by atoms with Crippen LogP contribution in [0.2, 0.25) is 0 Å². The molecule has 2 heterocycles. The molecule has 142 valence electrons. The Kier molecular flexibility index (Phi) is 7.77. The standard InChI is InChI=1S/C16H21N3O7/c20-13-11-12(17-16(23)18-13)3-7-25-14(21)1-2-15(22)26-10-6-19-4-8-24-9-5-19/h1-2,11H,3-10H2,(H2,17,18,20,23)/b2-1+. The number of carbonyl (C=O) groups excluding carboxylic acids is 2. The minimum absolute atomic E-state index is 0.0470. The minimum Gasteiger partial charge on any atom is -0.462 e. The Morgan fingerprint density at radius 1 is 1.08 bits per heavy atom. The van der Waals surface area contributed by atoms with Crippen LogP contribution in [0.4, 0.5) is 0 Å². The largest absolute Gasteiger partial charge is 0.462 e. The van der Waals surface area contributed by atoms with Gasteiger partial charge in [-0.25, -0.2) is 14.4 Å². The molecule has 1 saturated heterocycles. The number of carbonyl (C=O) groups is 2. The zero-order valence-electron chi connectivity index (χ0n) is 14.2. The predicted molar refractivity (Wildman–Crippen MR) is 89.7 cm³/mol. The van der Waals surface area contributed by atoms with Crippen LogP contribution in [0.5, 0.6) is 0 Å². The number of ether oxygens (including phenoxy) is 3. The van der Waals surface area contributed by atoms with Crippen molar-refractivity contribution in [2.75, 3.05) is 46.1 Å². The molecule has 1 aromatic rings. The fraction of sp³-hybridized carbons (Fsp3) is 0.500. The topological polar surface area (TPSA) is 131 Å². The van der Waals surface area contributed by atoms with Crippen LogP contribution in [0.25, 0.3) is 0 Å². The van der Waals surface area contributed by atoms with Gasteiger partial charge >= 0.3 is 17.6 Å². The third kappa shape index (κ3) is 7.45. The summed E-state index contributed by atoms with van der Waals surface area (Å²) in [6.45, 7) is 3.75. The van der Waals surface area contributed by atoms with Crippen molar-refractivity contribution in [3.8, 4) is 0 Å². The van der Waals surface area contributed by atoms with Crippen LogP contribution in [-0.4, -0.2) is 72.9 Å². The number of aromatic nitrogens is 2. The van der Waals surface area contributed by atoms with Crippen molar-refractivity contribution in [1.82, 2.24) is 14.9 Å². The van der Waals surface area contributed by atoms with Crippen LogP contribution in [0, 0.1) is 0 Å². The van der Waals surface area contributed by atoms with Crippen molar-refractivity contribution in [3.63, 3.8) is 0 Å². The molecule has 1 aromatic heterocycles. The highest BCUT2D eigenvalue weighted by Gasteiger charge is 2.10. The van der Waals surface area contributed by atoms with Crippen LogP contribution in [0.3, 0.4) is 0 Å². The van der Waals surface area contributed by atoms with E-state index in [0.29, 0.717) is 25.5 Å². The fourth-order valence-electron chi connectivity index (χ4n) is 2.25. The lowest BCUT2D eigenvalue weighted by Crippen LogP contribution is -2.38. The van der Waals surface area contributed by atoms with Crippen LogP contribution < -0.4 is 11.2 Å². The van der Waals surface area contributed by atoms with Gasteiger partial charge in [-0.1, -0.05) is 0 Å². The molecule has 0 amide bonds. The first-order valence-electron chi connectivity index (χ1n) is 8.17. The maximum Gasteiger partial charge on any atom is 0.331 e. The Morgan fingerprint density at radius 3 is 2.38 bits per heavy atom. The molecule has 2 N–H and O–H groups in total. The minimum atomic E-state index is -0.720. The molecule has 2 rings (SSSR count). The Hall–Kier alpha value is -2.72. The first-order chi connectivity index (χ1) is 12.5. The molecule has 0 spiro atoms. The maximum absolute atomic E-state index is 11.5. The van der Waals surface area contributed by atoms with Crippen molar-refractivity contribution in [2.24, 2.45) is 0 Å². The predicted octanol–water partition coefficient (Wildman–Crippen LogP) is -1.42. The Balaban J connectivity index is 1.62. The van der Waals surface area contributed by atoms with Gasteiger partial charge in [-0.3, -0.25) is 14.7 Å². The molecule has 10 nitrogen and oxygen atoms in total. The average Bonchev–Trinajstić information content (AvgIpc) is 2.60. The van der Waals surface area contributed by atoms with E-state index < -0.39 is 23.2 Å². The second-order valence-electron chi connectivity index (χ2n) is 5.49. The second kappa shape index (κ2) is 10.3. The van der Waals surface area contributed by atoms with Gasteiger partial charge < -0.3 is 19.2 Å². The maximum atomic E-state index is 11.5. The lowest BCUT2D eigenvalue weighted by molar-refractivity contribution is -0.140. The first-order valence-corrected chi connectivity index (χ1v) is 8.17. The van der Waals surface area contributed by atoms with Crippen molar-refractivity contribution < 1.29 is 23.8 Å². The quantitative estimate of drug-likeness (QED) is 0.423. The number of morpholine rings is 1. The van der Waals surface area contributed by atoms with E-state index in [9.17, 15) is 19.2 Å². The number of rotatable bonds is 8. The van der Waals surface area contributed by atoms with E-state index in [1.54, 1.807) is 0 Å². The smallest absolute Gasteiger partial charge is 0.331 e. The zero-order valence-corrected chi connectivity index (χ0v) is 14.2. The number of hydrogen-bond donors (Lipinski definition) is 2. The molecule has 1 aliphatic rings. The Morgan fingerprint density at radius 2 is 1.73 bits per heavy atom. The molecular formula is C16H21N3O7. The van der Waals surface area contributed by atoms with Crippen LogP contribution in [0.1, 0.15) is 5.69 Å². The average molecular weight is 367 g/mol. The normalized spacial score (nSPS) is 15.1. The van der Waals surface area contributed by atoms with Crippen molar-refractivity contribution in [3.05, 3.63) is 44.8 Å². The van der Waals surface area contributed by atoms with Gasteiger partial charge in [-0.15, -0.1) is 0 Å². The Labute approximate surface area is 148 Å². The molecule has 0 atom stereocenters. The van der Waals surface area contributed by atoms with E-state index in [2.05, 4.69) is 9.88 Å². The van der Waals surface area contributed by atoms with Crippen LogP contribution in [-0.2, 0) is 30.2 Å².